The molecule has 0 spiro atoms. The van der Waals surface area contributed by atoms with Crippen LogP contribution in [0.15, 0.2) is 107 Å². The molecule has 696 valence electrons. The number of benzene rings is 3. The molecule has 135 heavy (non-hydrogen) atoms. The van der Waals surface area contributed by atoms with Crippen molar-refractivity contribution >= 4 is 189 Å². The molecule has 0 atom stereocenters. The number of nitrogens with zero attached hydrogens (tertiary/aromatic N) is 18. The Morgan fingerprint density at radius 3 is 0.889 bits per heavy atom. The highest BCUT2D eigenvalue weighted by atomic mass is 35.5. The first-order valence-electron chi connectivity index (χ1n) is 41.3. The van der Waals surface area contributed by atoms with Crippen molar-refractivity contribution in [3.05, 3.63) is 255 Å². The van der Waals surface area contributed by atoms with Gasteiger partial charge in [-0.3, -0.25) is 57.4 Å². The van der Waals surface area contributed by atoms with Crippen LogP contribution in [0.25, 0.3) is 83.9 Å². The number of aromatic nitrogens is 9. The summed E-state index contributed by atoms with van der Waals surface area (Å²) >= 11 is 57.7. The Morgan fingerprint density at radius 2 is 0.637 bits per heavy atom. The number of anilines is 6. The molecule has 6 N–H and O–H groups in total. The predicted molar refractivity (Wildman–Crippen MR) is 517 cm³/mol. The van der Waals surface area contributed by atoms with Gasteiger partial charge >= 0.3 is 0 Å². The van der Waals surface area contributed by atoms with E-state index in [-0.39, 0.29) is 192 Å². The van der Waals surface area contributed by atoms with Gasteiger partial charge in [-0.1, -0.05) is 166 Å². The molecule has 42 heteroatoms. The molecular formula is C93H78Cl9F6N21O6. The fourth-order valence-corrected chi connectivity index (χ4v) is 18.6. The molecule has 0 radical (unpaired) electrons. The first kappa shape index (κ1) is 99.7. The number of halogens is 15. The number of nitriles is 3. The van der Waals surface area contributed by atoms with Crippen LogP contribution in [0.1, 0.15) is 110 Å². The predicted octanol–water partition coefficient (Wildman–Crippen LogP) is 19.2. The maximum absolute atomic E-state index is 15.7. The largest absolute Gasteiger partial charge is 0.396 e. The molecule has 0 aliphatic carbocycles. The number of pyridine rings is 9. The lowest BCUT2D eigenvalue weighted by Gasteiger charge is -2.36. The van der Waals surface area contributed by atoms with Crippen LogP contribution in [0.5, 0.6) is 0 Å². The highest BCUT2D eigenvalue weighted by Gasteiger charge is 2.38. The minimum absolute atomic E-state index is 0.0520. The van der Waals surface area contributed by atoms with Crippen LogP contribution >= 0.6 is 104 Å². The first-order valence-corrected chi connectivity index (χ1v) is 44.7. The summed E-state index contributed by atoms with van der Waals surface area (Å²) in [4.78, 5) is 118. The lowest BCUT2D eigenvalue weighted by molar-refractivity contribution is -0.127. The fraction of sp³-hybridized carbons (Fsp3) is 0.258. The lowest BCUT2D eigenvalue weighted by atomic mass is 10.0. The van der Waals surface area contributed by atoms with E-state index in [2.05, 4.69) is 51.8 Å². The number of carbonyl (C=O) groups excluding carboxylic acids is 3. The summed E-state index contributed by atoms with van der Waals surface area (Å²) in [6, 6.07) is 15.6. The van der Waals surface area contributed by atoms with E-state index in [1.807, 2.05) is 71.3 Å². The molecule has 0 unspecified atom stereocenters. The van der Waals surface area contributed by atoms with Gasteiger partial charge in [0.05, 0.1) is 147 Å². The lowest BCUT2D eigenvalue weighted by Crippen LogP contribution is -2.49. The van der Waals surface area contributed by atoms with E-state index in [0.29, 0.717) is 108 Å². The zero-order valence-corrected chi connectivity index (χ0v) is 80.0. The van der Waals surface area contributed by atoms with Crippen LogP contribution in [0.2, 0.25) is 45.2 Å². The summed E-state index contributed by atoms with van der Waals surface area (Å²) < 4.78 is 93.3. The number of carbonyl (C=O) groups is 3. The maximum atomic E-state index is 15.7. The van der Waals surface area contributed by atoms with Gasteiger partial charge in [-0.15, -0.1) is 0 Å². The van der Waals surface area contributed by atoms with Crippen LogP contribution in [0.3, 0.4) is 0 Å². The van der Waals surface area contributed by atoms with Crippen LogP contribution in [0, 0.1) is 89.7 Å². The monoisotopic (exact) mass is 2010 g/mol. The van der Waals surface area contributed by atoms with Crippen molar-refractivity contribution in [1.82, 2.24) is 58.3 Å². The number of aryl methyl sites for hydroxylation is 3. The van der Waals surface area contributed by atoms with Gasteiger partial charge in [0.1, 0.15) is 51.8 Å². The van der Waals surface area contributed by atoms with Gasteiger partial charge < -0.3 is 46.6 Å². The first-order chi connectivity index (χ1) is 64.0. The molecule has 9 aromatic heterocycles. The summed E-state index contributed by atoms with van der Waals surface area (Å²) in [6.45, 7) is 30.7. The molecule has 0 bridgehead atoms. The molecule has 3 aliphatic rings. The van der Waals surface area contributed by atoms with E-state index in [9.17, 15) is 57.7 Å². The number of hydrogen-bond donors (Lipinski definition) is 3. The van der Waals surface area contributed by atoms with E-state index in [1.165, 1.54) is 45.6 Å². The third kappa shape index (κ3) is 17.8. The Labute approximate surface area is 812 Å². The maximum Gasteiger partial charge on any atom is 0.276 e. The molecule has 3 aliphatic heterocycles. The second-order valence-corrected chi connectivity index (χ2v) is 35.7. The summed E-state index contributed by atoms with van der Waals surface area (Å²) in [5.41, 5.74) is 16.7. The number of fused-ring (bicyclic) bond motifs is 3. The molecule has 0 saturated carbocycles. The Bertz CT molecular complexity index is 6650. The number of piperazine rings is 3. The van der Waals surface area contributed by atoms with Crippen molar-refractivity contribution in [3.63, 3.8) is 0 Å². The number of nitrogens with two attached hydrogens (primary N) is 3. The van der Waals surface area contributed by atoms with Crippen molar-refractivity contribution in [2.45, 2.75) is 80.1 Å². The standard InChI is InChI=1S/2C31H26Cl4FN7O2.C31H26ClF4N7O2/c2*1-5-19(44)41-8-10-42(11-9-41)29-16-12-18(32)27(20-21(33)25(38)23(35)22(34)24(20)36)40-30(16)43(31(45)17(29)13-37)28-15(4)6-7-39-26(28)14(2)3;1-5-19(44)41-8-10-42(11-9-41)29-16-12-18(32)27(20-21(33)22(34)23(35)24(36)25(20)38)40-30(16)43(31(45)17(29)13-37)28-15(4)6-7-39-26(28)14(2)3/h3*5-7,12,14H,1,8-11,38H2,2-4H3. The average Bonchev–Trinajstić information content (AvgIpc) is 0.728. The quantitative estimate of drug-likeness (QED) is 0.0282. The molecule has 12 aromatic rings. The average molecular weight is 2020 g/mol. The smallest absolute Gasteiger partial charge is 0.276 e. The second kappa shape index (κ2) is 40.1. The highest BCUT2D eigenvalue weighted by Crippen LogP contribution is 2.51. The third-order valence-corrected chi connectivity index (χ3v) is 26.5. The summed E-state index contributed by atoms with van der Waals surface area (Å²) in [7, 11) is 0. The zero-order valence-electron chi connectivity index (χ0n) is 73.2. The zero-order chi connectivity index (χ0) is 98.7. The number of nitrogen functional groups attached to an aromatic ring is 3. The molecule has 3 aromatic carbocycles. The molecule has 27 nitrogen and oxygen atoms in total. The Kier molecular flexibility index (Phi) is 29.6. The van der Waals surface area contributed by atoms with Gasteiger partial charge in [-0.2, -0.15) is 15.8 Å². The normalized spacial score (nSPS) is 13.4. The summed E-state index contributed by atoms with van der Waals surface area (Å²) in [5, 5.41) is 29.5. The summed E-state index contributed by atoms with van der Waals surface area (Å²) in [5.74, 6) is -11.1. The Balaban J connectivity index is 0.000000171. The van der Waals surface area contributed by atoms with Crippen molar-refractivity contribution in [1.29, 1.82) is 15.8 Å². The summed E-state index contributed by atoms with van der Waals surface area (Å²) in [6.07, 6.45) is 8.48. The Hall–Kier alpha value is -12.7. The van der Waals surface area contributed by atoms with E-state index < -0.39 is 78.6 Å². The molecule has 3 amide bonds. The van der Waals surface area contributed by atoms with Gasteiger partial charge in [0.25, 0.3) is 16.7 Å². The van der Waals surface area contributed by atoms with E-state index in [0.717, 1.165) is 4.57 Å². The van der Waals surface area contributed by atoms with Crippen LogP contribution in [0.4, 0.5) is 60.5 Å². The van der Waals surface area contributed by atoms with E-state index in [1.54, 1.807) is 63.3 Å². The van der Waals surface area contributed by atoms with Crippen LogP contribution in [-0.2, 0) is 14.4 Å². The van der Waals surface area contributed by atoms with Crippen LogP contribution in [-0.4, -0.2) is 155 Å². The van der Waals surface area contributed by atoms with E-state index in [4.69, 9.17) is 132 Å². The van der Waals surface area contributed by atoms with Gasteiger partial charge in [0.15, 0.2) is 34.9 Å². The number of rotatable bonds is 15. The third-order valence-electron chi connectivity index (χ3n) is 23.2. The van der Waals surface area contributed by atoms with Crippen LogP contribution < -0.4 is 48.6 Å². The molecule has 12 heterocycles. The molecule has 3 fully saturated rings. The van der Waals surface area contributed by atoms with Gasteiger partial charge in [0.2, 0.25) is 17.7 Å². The number of hydrogen-bond acceptors (Lipinski definition) is 21. The topological polar surface area (TPSA) is 363 Å². The van der Waals surface area contributed by atoms with Crippen molar-refractivity contribution in [3.8, 4) is 69.0 Å². The fourth-order valence-electron chi connectivity index (χ4n) is 16.5. The SMILES string of the molecule is C=CC(=O)N1CCN(c2c(C#N)c(=O)n(-c3c(C)ccnc3C(C)C)c3nc(-c4c(F)c(Cl)c(Cl)c(N)c4Cl)c(Cl)cc23)CC1.C=CC(=O)N1CCN(c2c(C#N)c(=O)n(-c3c(C)ccnc3C(C)C)c3nc(-c4c(F)c(Cl)c(Cl)c(N)c4Cl)c(Cl)cc23)CC1.C=CC(=O)N1CCN(c2c(C#N)c(=O)n(-c3c(C)ccnc3C(C)C)c3nc(-c4c(N)c(F)c(F)c(F)c4F)c(Cl)cc23)CC1. The molecule has 3 saturated heterocycles. The van der Waals surface area contributed by atoms with Gasteiger partial charge in [0, 0.05) is 113 Å². The van der Waals surface area contributed by atoms with Crippen molar-refractivity contribution < 1.29 is 40.7 Å². The van der Waals surface area contributed by atoms with Gasteiger partial charge in [-0.05, 0) is 110 Å². The Morgan fingerprint density at radius 1 is 0.378 bits per heavy atom. The molecular weight excluding hydrogens is 1940 g/mol. The highest BCUT2D eigenvalue weighted by molar-refractivity contribution is 6.48. The number of amides is 3. The van der Waals surface area contributed by atoms with Crippen molar-refractivity contribution in [2.75, 3.05) is 110 Å². The second-order valence-electron chi connectivity index (χ2n) is 32.2. The molecule has 15 rings (SSSR count). The van der Waals surface area contributed by atoms with Gasteiger partial charge in [-0.25, -0.2) is 41.3 Å². The minimum Gasteiger partial charge on any atom is -0.396 e. The minimum atomic E-state index is -2.12. The van der Waals surface area contributed by atoms with Crippen molar-refractivity contribution in [2.24, 2.45) is 0 Å². The van der Waals surface area contributed by atoms with E-state index >= 15 is 13.2 Å².